The molecular weight excluding hydrogens is 384 g/mol. The molecule has 0 atom stereocenters. The minimum atomic E-state index is 0.984. The van der Waals surface area contributed by atoms with Gasteiger partial charge in [-0.2, -0.15) is 0 Å². The molecular formula is C28H36OS. The lowest BCUT2D eigenvalue weighted by Gasteiger charge is -1.93. The maximum Gasteiger partial charge on any atom is 0.101 e. The molecule has 4 aromatic rings. The zero-order valence-electron chi connectivity index (χ0n) is 19.7. The predicted octanol–water partition coefficient (Wildman–Crippen LogP) is 8.87. The third-order valence-electron chi connectivity index (χ3n) is 4.35. The van der Waals surface area contributed by atoms with Crippen LogP contribution in [0.2, 0.25) is 0 Å². The van der Waals surface area contributed by atoms with Crippen LogP contribution >= 0.6 is 11.3 Å². The van der Waals surface area contributed by atoms with E-state index in [1.807, 2.05) is 37.3 Å². The van der Waals surface area contributed by atoms with Crippen LogP contribution in [0.1, 0.15) is 43.5 Å². The second kappa shape index (κ2) is 13.6. The molecule has 4 rings (SSSR count). The number of aryl methyl sites for hydroxylation is 8. The Kier molecular flexibility index (Phi) is 11.5. The summed E-state index contributed by atoms with van der Waals surface area (Å²) in [5.41, 5.74) is 5.41. The molecule has 1 nitrogen and oxygen atoms in total. The molecule has 0 spiro atoms. The first-order chi connectivity index (χ1) is 14.2. The van der Waals surface area contributed by atoms with Gasteiger partial charge in [-0.05, 0) is 90.8 Å². The number of benzene rings is 2. The highest BCUT2D eigenvalue weighted by Crippen LogP contribution is 2.12. The fourth-order valence-corrected chi connectivity index (χ4v) is 3.36. The Bertz CT molecular complexity index is 882. The molecule has 0 saturated carbocycles. The zero-order chi connectivity index (χ0) is 22.5. The van der Waals surface area contributed by atoms with Gasteiger partial charge in [0.25, 0.3) is 0 Å². The average Bonchev–Trinajstić information content (AvgIpc) is 3.25. The molecule has 2 aromatic heterocycles. The predicted molar refractivity (Wildman–Crippen MR) is 134 cm³/mol. The van der Waals surface area contributed by atoms with Crippen LogP contribution in [0.5, 0.6) is 0 Å². The Hall–Kier alpha value is -2.58. The minimum absolute atomic E-state index is 0.984. The molecule has 2 heteroatoms. The van der Waals surface area contributed by atoms with E-state index in [0.29, 0.717) is 0 Å². The quantitative estimate of drug-likeness (QED) is 0.277. The molecule has 0 N–H and O–H groups in total. The molecule has 2 aromatic carbocycles. The molecule has 0 amide bonds. The second-order valence-electron chi connectivity index (χ2n) is 7.56. The molecule has 0 fully saturated rings. The highest BCUT2D eigenvalue weighted by atomic mass is 32.1. The molecule has 0 bridgehead atoms. The Morgan fingerprint density at radius 2 is 0.933 bits per heavy atom. The van der Waals surface area contributed by atoms with E-state index >= 15 is 0 Å². The van der Waals surface area contributed by atoms with Gasteiger partial charge < -0.3 is 4.42 Å². The van der Waals surface area contributed by atoms with Crippen molar-refractivity contribution in [1.82, 2.24) is 0 Å². The van der Waals surface area contributed by atoms with Crippen molar-refractivity contribution < 1.29 is 4.42 Å². The lowest BCUT2D eigenvalue weighted by molar-refractivity contribution is 0.504. The third kappa shape index (κ3) is 11.4. The van der Waals surface area contributed by atoms with Gasteiger partial charge in [0, 0.05) is 9.75 Å². The van der Waals surface area contributed by atoms with Crippen LogP contribution < -0.4 is 0 Å². The number of thiophene rings is 1. The summed E-state index contributed by atoms with van der Waals surface area (Å²) in [4.78, 5) is 2.80. The minimum Gasteiger partial charge on any atom is -0.467 e. The Morgan fingerprint density at radius 3 is 1.13 bits per heavy atom. The molecule has 0 radical (unpaired) electrons. The maximum atomic E-state index is 5.08. The average molecular weight is 421 g/mol. The number of hydrogen-bond donors (Lipinski definition) is 0. The number of rotatable bonds is 0. The van der Waals surface area contributed by atoms with E-state index in [-0.39, 0.29) is 0 Å². The first-order valence-electron chi connectivity index (χ1n) is 10.3. The van der Waals surface area contributed by atoms with Crippen molar-refractivity contribution in [2.75, 3.05) is 0 Å². The van der Waals surface area contributed by atoms with E-state index in [9.17, 15) is 0 Å². The fraction of sp³-hybridized carbons (Fsp3) is 0.286. The van der Waals surface area contributed by atoms with Crippen LogP contribution in [0.25, 0.3) is 0 Å². The van der Waals surface area contributed by atoms with E-state index < -0.39 is 0 Å². The van der Waals surface area contributed by atoms with Crippen molar-refractivity contribution in [2.24, 2.45) is 0 Å². The van der Waals surface area contributed by atoms with Gasteiger partial charge in [0.1, 0.15) is 11.5 Å². The van der Waals surface area contributed by atoms with Gasteiger partial charge in [-0.15, -0.1) is 11.3 Å². The summed E-state index contributed by atoms with van der Waals surface area (Å²) >= 11 is 1.84. The number of hydrogen-bond acceptors (Lipinski definition) is 2. The monoisotopic (exact) mass is 420 g/mol. The van der Waals surface area contributed by atoms with Crippen LogP contribution in [0.4, 0.5) is 0 Å². The Morgan fingerprint density at radius 1 is 0.500 bits per heavy atom. The summed E-state index contributed by atoms with van der Waals surface area (Å²) in [5.74, 6) is 1.97. The maximum absolute atomic E-state index is 5.08. The zero-order valence-corrected chi connectivity index (χ0v) is 20.6. The van der Waals surface area contributed by atoms with Gasteiger partial charge in [-0.1, -0.05) is 59.7 Å². The third-order valence-corrected chi connectivity index (χ3v) is 5.26. The summed E-state index contributed by atoms with van der Waals surface area (Å²) in [6.45, 7) is 16.6. The lowest BCUT2D eigenvalue weighted by Crippen LogP contribution is -1.74. The van der Waals surface area contributed by atoms with Crippen molar-refractivity contribution in [3.63, 3.8) is 0 Å². The van der Waals surface area contributed by atoms with Crippen molar-refractivity contribution in [3.05, 3.63) is 116 Å². The lowest BCUT2D eigenvalue weighted by atomic mass is 10.1. The topological polar surface area (TPSA) is 13.1 Å². The van der Waals surface area contributed by atoms with Crippen molar-refractivity contribution in [2.45, 2.75) is 55.4 Å². The standard InChI is InChI=1S/2C8H10.C6H8O.C6H8S/c1-7-4-3-5-8(2)6-7;1-7-5-3-4-6-8(7)2;2*1-5-3-4-6(2)7-5/h2*3-6H,1-2H3;2*3-4H,1-2H3. The highest BCUT2D eigenvalue weighted by molar-refractivity contribution is 7.11. The fourth-order valence-electron chi connectivity index (χ4n) is 2.58. The summed E-state index contributed by atoms with van der Waals surface area (Å²) in [6, 6.07) is 25.0. The first-order valence-corrected chi connectivity index (χ1v) is 11.1. The van der Waals surface area contributed by atoms with Crippen LogP contribution in [-0.4, -0.2) is 0 Å². The van der Waals surface area contributed by atoms with Gasteiger partial charge in [0.15, 0.2) is 0 Å². The molecule has 0 aliphatic heterocycles. The largest absolute Gasteiger partial charge is 0.467 e. The van der Waals surface area contributed by atoms with Crippen LogP contribution in [0.3, 0.4) is 0 Å². The van der Waals surface area contributed by atoms with E-state index in [2.05, 4.69) is 102 Å². The van der Waals surface area contributed by atoms with E-state index in [1.165, 1.54) is 32.0 Å². The van der Waals surface area contributed by atoms with E-state index in [1.54, 1.807) is 0 Å². The molecule has 0 aliphatic carbocycles. The second-order valence-corrected chi connectivity index (χ2v) is 9.05. The molecule has 0 saturated heterocycles. The summed E-state index contributed by atoms with van der Waals surface area (Å²) in [7, 11) is 0. The van der Waals surface area contributed by atoms with Crippen LogP contribution in [-0.2, 0) is 0 Å². The number of furan rings is 1. The SMILES string of the molecule is Cc1ccc(C)o1.Cc1ccc(C)s1.Cc1cccc(C)c1.Cc1ccccc1C. The highest BCUT2D eigenvalue weighted by Gasteiger charge is 1.86. The Balaban J connectivity index is 0.000000200. The molecule has 160 valence electrons. The first kappa shape index (κ1) is 25.5. The molecule has 0 unspecified atom stereocenters. The molecule has 30 heavy (non-hydrogen) atoms. The van der Waals surface area contributed by atoms with Gasteiger partial charge in [-0.3, -0.25) is 0 Å². The van der Waals surface area contributed by atoms with Crippen molar-refractivity contribution in [3.8, 4) is 0 Å². The van der Waals surface area contributed by atoms with Crippen LogP contribution in [0.15, 0.2) is 77.2 Å². The van der Waals surface area contributed by atoms with Gasteiger partial charge in [-0.25, -0.2) is 0 Å². The van der Waals surface area contributed by atoms with Crippen molar-refractivity contribution in [1.29, 1.82) is 0 Å². The smallest absolute Gasteiger partial charge is 0.101 e. The molecule has 0 aliphatic rings. The molecule has 2 heterocycles. The van der Waals surface area contributed by atoms with E-state index in [4.69, 9.17) is 4.42 Å². The van der Waals surface area contributed by atoms with Crippen molar-refractivity contribution >= 4 is 11.3 Å². The van der Waals surface area contributed by atoms with Gasteiger partial charge >= 0.3 is 0 Å². The normalized spacial score (nSPS) is 9.33. The van der Waals surface area contributed by atoms with Gasteiger partial charge in [0.05, 0.1) is 0 Å². The summed E-state index contributed by atoms with van der Waals surface area (Å²) < 4.78 is 5.08. The van der Waals surface area contributed by atoms with E-state index in [0.717, 1.165) is 11.5 Å². The summed E-state index contributed by atoms with van der Waals surface area (Å²) in [6.07, 6.45) is 0. The Labute approximate surface area is 187 Å². The van der Waals surface area contributed by atoms with Crippen LogP contribution in [0, 0.1) is 55.4 Å². The van der Waals surface area contributed by atoms with Gasteiger partial charge in [0.2, 0.25) is 0 Å². The summed E-state index contributed by atoms with van der Waals surface area (Å²) in [5, 5.41) is 0.